The molecule has 1 saturated heterocycles. The zero-order chi connectivity index (χ0) is 16.8. The number of nitrogens with zero attached hydrogens (tertiary/aromatic N) is 2. The Hall–Kier alpha value is -1.46. The standard InChI is InChI=1S/C17H26ClN3O2/c1-13(2)6-7-20-8-10-21(11-9-20)17(22)19-15-12-14(18)4-5-16(15)23-3/h4-5,12-13H,6-11H2,1-3H3,(H,19,22). The summed E-state index contributed by atoms with van der Waals surface area (Å²) in [6, 6.07) is 5.09. The molecule has 1 aliphatic rings. The Balaban J connectivity index is 1.87. The number of piperazine rings is 1. The van der Waals surface area contributed by atoms with Crippen LogP contribution in [-0.2, 0) is 0 Å². The van der Waals surface area contributed by atoms with Gasteiger partial charge in [-0.3, -0.25) is 4.90 Å². The zero-order valence-electron chi connectivity index (χ0n) is 14.1. The number of hydrogen-bond donors (Lipinski definition) is 1. The van der Waals surface area contributed by atoms with Crippen molar-refractivity contribution in [3.63, 3.8) is 0 Å². The fourth-order valence-corrected chi connectivity index (χ4v) is 2.76. The average molecular weight is 340 g/mol. The predicted molar refractivity (Wildman–Crippen MR) is 94.5 cm³/mol. The summed E-state index contributed by atoms with van der Waals surface area (Å²) in [4.78, 5) is 16.7. The molecule has 23 heavy (non-hydrogen) atoms. The lowest BCUT2D eigenvalue weighted by molar-refractivity contribution is 0.143. The molecule has 1 aromatic carbocycles. The number of carbonyl (C=O) groups excluding carboxylic acids is 1. The Morgan fingerprint density at radius 2 is 2.00 bits per heavy atom. The van der Waals surface area contributed by atoms with Crippen molar-refractivity contribution in [3.8, 4) is 5.75 Å². The van der Waals surface area contributed by atoms with Crippen molar-refractivity contribution in [2.24, 2.45) is 5.92 Å². The van der Waals surface area contributed by atoms with Gasteiger partial charge in [-0.1, -0.05) is 25.4 Å². The molecule has 0 unspecified atom stereocenters. The van der Waals surface area contributed by atoms with Gasteiger partial charge >= 0.3 is 6.03 Å². The molecule has 0 atom stereocenters. The molecule has 0 saturated carbocycles. The molecule has 0 bridgehead atoms. The quantitative estimate of drug-likeness (QED) is 0.892. The first kappa shape index (κ1) is 17.9. The largest absolute Gasteiger partial charge is 0.495 e. The first-order valence-electron chi connectivity index (χ1n) is 8.11. The van der Waals surface area contributed by atoms with Gasteiger partial charge in [0.1, 0.15) is 5.75 Å². The molecule has 0 aliphatic carbocycles. The topological polar surface area (TPSA) is 44.8 Å². The summed E-state index contributed by atoms with van der Waals surface area (Å²) in [5.74, 6) is 1.32. The second-order valence-electron chi connectivity index (χ2n) is 6.29. The Kier molecular flexibility index (Phi) is 6.54. The molecule has 1 heterocycles. The molecule has 2 amide bonds. The number of rotatable bonds is 5. The lowest BCUT2D eigenvalue weighted by Gasteiger charge is -2.35. The number of hydrogen-bond acceptors (Lipinski definition) is 3. The van der Waals surface area contributed by atoms with Gasteiger partial charge in [0.05, 0.1) is 12.8 Å². The molecule has 1 fully saturated rings. The third-order valence-corrected chi connectivity index (χ3v) is 4.32. The van der Waals surface area contributed by atoms with Crippen LogP contribution in [0.2, 0.25) is 5.02 Å². The van der Waals surface area contributed by atoms with Crippen molar-refractivity contribution in [1.29, 1.82) is 0 Å². The van der Waals surface area contributed by atoms with Gasteiger partial charge in [0, 0.05) is 31.2 Å². The number of amides is 2. The van der Waals surface area contributed by atoms with Gasteiger partial charge in [-0.05, 0) is 37.1 Å². The summed E-state index contributed by atoms with van der Waals surface area (Å²) < 4.78 is 5.26. The van der Waals surface area contributed by atoms with Crippen LogP contribution < -0.4 is 10.1 Å². The first-order valence-corrected chi connectivity index (χ1v) is 8.49. The maximum Gasteiger partial charge on any atom is 0.322 e. The molecule has 0 aromatic heterocycles. The molecule has 128 valence electrons. The van der Waals surface area contributed by atoms with Crippen LogP contribution >= 0.6 is 11.6 Å². The highest BCUT2D eigenvalue weighted by Gasteiger charge is 2.21. The minimum absolute atomic E-state index is 0.103. The molecular weight excluding hydrogens is 314 g/mol. The Labute approximate surface area is 143 Å². The molecule has 5 nitrogen and oxygen atoms in total. The minimum atomic E-state index is -0.103. The summed E-state index contributed by atoms with van der Waals surface area (Å²) in [5.41, 5.74) is 0.604. The van der Waals surface area contributed by atoms with Crippen LogP contribution in [0.1, 0.15) is 20.3 Å². The lowest BCUT2D eigenvalue weighted by atomic mass is 10.1. The van der Waals surface area contributed by atoms with Crippen LogP contribution in [0.5, 0.6) is 5.75 Å². The Morgan fingerprint density at radius 3 is 2.61 bits per heavy atom. The van der Waals surface area contributed by atoms with Crippen molar-refractivity contribution in [2.45, 2.75) is 20.3 Å². The van der Waals surface area contributed by atoms with E-state index in [4.69, 9.17) is 16.3 Å². The SMILES string of the molecule is COc1ccc(Cl)cc1NC(=O)N1CCN(CCC(C)C)CC1. The maximum absolute atomic E-state index is 12.4. The summed E-state index contributed by atoms with van der Waals surface area (Å²) >= 11 is 6.00. The van der Waals surface area contributed by atoms with Crippen LogP contribution in [0.25, 0.3) is 0 Å². The van der Waals surface area contributed by atoms with Crippen molar-refractivity contribution >= 4 is 23.3 Å². The number of benzene rings is 1. The monoisotopic (exact) mass is 339 g/mol. The van der Waals surface area contributed by atoms with Gasteiger partial charge in [-0.2, -0.15) is 0 Å². The minimum Gasteiger partial charge on any atom is -0.495 e. The smallest absolute Gasteiger partial charge is 0.322 e. The summed E-state index contributed by atoms with van der Waals surface area (Å²) in [7, 11) is 1.58. The van der Waals surface area contributed by atoms with Crippen LogP contribution in [0, 0.1) is 5.92 Å². The third kappa shape index (κ3) is 5.29. The van der Waals surface area contributed by atoms with Gasteiger partial charge in [-0.25, -0.2) is 4.79 Å². The maximum atomic E-state index is 12.4. The van der Waals surface area contributed by atoms with E-state index in [9.17, 15) is 4.79 Å². The highest BCUT2D eigenvalue weighted by atomic mass is 35.5. The molecular formula is C17H26ClN3O2. The van der Waals surface area contributed by atoms with E-state index in [2.05, 4.69) is 24.1 Å². The van der Waals surface area contributed by atoms with E-state index in [1.54, 1.807) is 25.3 Å². The van der Waals surface area contributed by atoms with Gasteiger partial charge in [0.2, 0.25) is 0 Å². The Bertz CT molecular complexity index is 529. The zero-order valence-corrected chi connectivity index (χ0v) is 14.9. The second-order valence-corrected chi connectivity index (χ2v) is 6.72. The van der Waals surface area contributed by atoms with Crippen molar-refractivity contribution in [1.82, 2.24) is 9.80 Å². The van der Waals surface area contributed by atoms with Crippen molar-refractivity contribution in [3.05, 3.63) is 23.2 Å². The van der Waals surface area contributed by atoms with Gasteiger partial charge in [0.15, 0.2) is 0 Å². The number of anilines is 1. The molecule has 1 N–H and O–H groups in total. The fraction of sp³-hybridized carbons (Fsp3) is 0.588. The van der Waals surface area contributed by atoms with Gasteiger partial charge in [0.25, 0.3) is 0 Å². The molecule has 1 aliphatic heterocycles. The number of halogens is 1. The van der Waals surface area contributed by atoms with E-state index >= 15 is 0 Å². The summed E-state index contributed by atoms with van der Waals surface area (Å²) in [6.07, 6.45) is 1.20. The fourth-order valence-electron chi connectivity index (χ4n) is 2.59. The summed E-state index contributed by atoms with van der Waals surface area (Å²) in [5, 5.41) is 3.47. The highest BCUT2D eigenvalue weighted by molar-refractivity contribution is 6.31. The molecule has 1 aromatic rings. The van der Waals surface area contributed by atoms with E-state index < -0.39 is 0 Å². The van der Waals surface area contributed by atoms with Crippen molar-refractivity contribution in [2.75, 3.05) is 45.2 Å². The van der Waals surface area contributed by atoms with Gasteiger partial charge in [-0.15, -0.1) is 0 Å². The first-order chi connectivity index (χ1) is 11.0. The third-order valence-electron chi connectivity index (χ3n) is 4.09. The number of urea groups is 1. The number of carbonyl (C=O) groups is 1. The number of nitrogens with one attached hydrogen (secondary N) is 1. The van der Waals surface area contributed by atoms with Crippen LogP contribution in [0.3, 0.4) is 0 Å². The normalized spacial score (nSPS) is 15.8. The molecule has 6 heteroatoms. The molecule has 0 radical (unpaired) electrons. The highest BCUT2D eigenvalue weighted by Crippen LogP contribution is 2.28. The van der Waals surface area contributed by atoms with E-state index in [0.717, 1.165) is 32.7 Å². The number of ether oxygens (including phenoxy) is 1. The van der Waals surface area contributed by atoms with E-state index in [1.165, 1.54) is 6.42 Å². The Morgan fingerprint density at radius 1 is 1.30 bits per heavy atom. The van der Waals surface area contributed by atoms with Crippen molar-refractivity contribution < 1.29 is 9.53 Å². The van der Waals surface area contributed by atoms with E-state index in [0.29, 0.717) is 22.4 Å². The average Bonchev–Trinajstić information content (AvgIpc) is 2.53. The molecule has 0 spiro atoms. The molecule has 2 rings (SSSR count). The second kappa shape index (κ2) is 8.41. The number of methoxy groups -OCH3 is 1. The lowest BCUT2D eigenvalue weighted by Crippen LogP contribution is -2.50. The van der Waals surface area contributed by atoms with Crippen LogP contribution in [-0.4, -0.2) is 55.7 Å². The van der Waals surface area contributed by atoms with Crippen LogP contribution in [0.4, 0.5) is 10.5 Å². The predicted octanol–water partition coefficient (Wildman–Crippen LogP) is 3.54. The summed E-state index contributed by atoms with van der Waals surface area (Å²) in [6.45, 7) is 8.92. The van der Waals surface area contributed by atoms with Gasteiger partial charge < -0.3 is 15.0 Å². The van der Waals surface area contributed by atoms with E-state index in [-0.39, 0.29) is 6.03 Å². The van der Waals surface area contributed by atoms with E-state index in [1.807, 2.05) is 4.90 Å². The van der Waals surface area contributed by atoms with Crippen LogP contribution in [0.15, 0.2) is 18.2 Å².